The fourth-order valence-electron chi connectivity index (χ4n) is 3.61. The molecule has 2 aliphatic rings. The summed E-state index contributed by atoms with van der Waals surface area (Å²) in [7, 11) is 0. The molecule has 0 aliphatic carbocycles. The summed E-state index contributed by atoms with van der Waals surface area (Å²) in [6.45, 7) is 1.33. The Hall–Kier alpha value is -1.20. The van der Waals surface area contributed by atoms with Gasteiger partial charge in [0.05, 0.1) is 5.92 Å². The topological polar surface area (TPSA) is 55.4 Å². The zero-order valence-electron chi connectivity index (χ0n) is 11.7. The standard InChI is InChI=1S/C16H18BrNO3/c17-12-4-2-11(3-5-12)14-15(20)18-13(19)10-16(14)6-1-8-21-9-7-16/h2-5,14H,1,6-10H2,(H,18,19,20). The third-order valence-electron chi connectivity index (χ3n) is 4.56. The Labute approximate surface area is 132 Å². The van der Waals surface area contributed by atoms with Gasteiger partial charge in [-0.25, -0.2) is 0 Å². The Balaban J connectivity index is 2.01. The molecule has 5 heteroatoms. The van der Waals surface area contributed by atoms with Crippen LogP contribution in [-0.2, 0) is 14.3 Å². The van der Waals surface area contributed by atoms with Crippen LogP contribution in [0.3, 0.4) is 0 Å². The summed E-state index contributed by atoms with van der Waals surface area (Å²) < 4.78 is 6.53. The number of piperidine rings is 1. The molecule has 2 unspecified atom stereocenters. The molecule has 0 aromatic heterocycles. The number of hydrogen-bond acceptors (Lipinski definition) is 3. The van der Waals surface area contributed by atoms with Crippen molar-refractivity contribution >= 4 is 27.7 Å². The van der Waals surface area contributed by atoms with Gasteiger partial charge in [0, 0.05) is 24.1 Å². The van der Waals surface area contributed by atoms with Crippen LogP contribution in [0.5, 0.6) is 0 Å². The smallest absolute Gasteiger partial charge is 0.234 e. The molecule has 0 saturated carbocycles. The van der Waals surface area contributed by atoms with Crippen LogP contribution < -0.4 is 5.32 Å². The molecule has 1 N–H and O–H groups in total. The van der Waals surface area contributed by atoms with Crippen LogP contribution in [-0.4, -0.2) is 25.0 Å². The van der Waals surface area contributed by atoms with E-state index in [0.29, 0.717) is 19.6 Å². The van der Waals surface area contributed by atoms with Crippen LogP contribution in [0, 0.1) is 5.41 Å². The van der Waals surface area contributed by atoms with Crippen LogP contribution in [0.25, 0.3) is 0 Å². The van der Waals surface area contributed by atoms with Gasteiger partial charge in [-0.3, -0.25) is 14.9 Å². The largest absolute Gasteiger partial charge is 0.381 e. The van der Waals surface area contributed by atoms with E-state index in [1.54, 1.807) is 0 Å². The van der Waals surface area contributed by atoms with Crippen molar-refractivity contribution in [1.29, 1.82) is 0 Å². The number of ether oxygens (including phenoxy) is 1. The minimum Gasteiger partial charge on any atom is -0.381 e. The Kier molecular flexibility index (Phi) is 4.13. The normalized spacial score (nSPS) is 30.0. The highest BCUT2D eigenvalue weighted by Gasteiger charge is 2.49. The summed E-state index contributed by atoms with van der Waals surface area (Å²) in [5, 5.41) is 2.50. The molecule has 3 rings (SSSR count). The second-order valence-corrected chi connectivity index (χ2v) is 6.82. The average Bonchev–Trinajstić information content (AvgIpc) is 2.66. The molecule has 1 aromatic rings. The van der Waals surface area contributed by atoms with Crippen molar-refractivity contribution in [1.82, 2.24) is 5.32 Å². The number of carbonyl (C=O) groups excluding carboxylic acids is 2. The van der Waals surface area contributed by atoms with E-state index >= 15 is 0 Å². The van der Waals surface area contributed by atoms with E-state index in [1.165, 1.54) is 0 Å². The van der Waals surface area contributed by atoms with Gasteiger partial charge in [-0.15, -0.1) is 0 Å². The van der Waals surface area contributed by atoms with Crippen molar-refractivity contribution in [3.05, 3.63) is 34.3 Å². The zero-order chi connectivity index (χ0) is 14.9. The fourth-order valence-corrected chi connectivity index (χ4v) is 3.87. The number of carbonyl (C=O) groups is 2. The summed E-state index contributed by atoms with van der Waals surface area (Å²) in [6.07, 6.45) is 2.91. The van der Waals surface area contributed by atoms with Crippen molar-refractivity contribution in [3.8, 4) is 0 Å². The lowest BCUT2D eigenvalue weighted by atomic mass is 9.63. The van der Waals surface area contributed by atoms with Gasteiger partial charge in [-0.2, -0.15) is 0 Å². The van der Waals surface area contributed by atoms with Gasteiger partial charge in [0.15, 0.2) is 0 Å². The van der Waals surface area contributed by atoms with Crippen molar-refractivity contribution < 1.29 is 14.3 Å². The molecule has 2 aliphatic heterocycles. The molecule has 1 spiro atoms. The van der Waals surface area contributed by atoms with Gasteiger partial charge in [-0.05, 0) is 42.4 Å². The number of amides is 2. The number of halogens is 1. The number of nitrogens with one attached hydrogen (secondary N) is 1. The van der Waals surface area contributed by atoms with Gasteiger partial charge >= 0.3 is 0 Å². The molecule has 0 radical (unpaired) electrons. The molecule has 1 aromatic carbocycles. The molecule has 2 saturated heterocycles. The molecule has 2 amide bonds. The molecule has 2 atom stereocenters. The Bertz CT molecular complexity index is 547. The van der Waals surface area contributed by atoms with Crippen molar-refractivity contribution in [2.24, 2.45) is 5.41 Å². The molecule has 2 heterocycles. The summed E-state index contributed by atoms with van der Waals surface area (Å²) in [5.41, 5.74) is 0.675. The van der Waals surface area contributed by atoms with Gasteiger partial charge < -0.3 is 4.74 Å². The highest BCUT2D eigenvalue weighted by atomic mass is 79.9. The van der Waals surface area contributed by atoms with Crippen LogP contribution in [0.1, 0.15) is 37.2 Å². The minimum atomic E-state index is -0.302. The van der Waals surface area contributed by atoms with Crippen LogP contribution in [0.4, 0.5) is 0 Å². The van der Waals surface area contributed by atoms with Crippen molar-refractivity contribution in [2.75, 3.05) is 13.2 Å². The summed E-state index contributed by atoms with van der Waals surface area (Å²) in [5.74, 6) is -0.601. The van der Waals surface area contributed by atoms with E-state index in [0.717, 1.165) is 29.3 Å². The van der Waals surface area contributed by atoms with Crippen molar-refractivity contribution in [3.63, 3.8) is 0 Å². The first-order chi connectivity index (χ1) is 10.1. The molecule has 112 valence electrons. The molecular weight excluding hydrogens is 334 g/mol. The zero-order valence-corrected chi connectivity index (χ0v) is 13.3. The predicted molar refractivity (Wildman–Crippen MR) is 81.8 cm³/mol. The Morgan fingerprint density at radius 2 is 1.90 bits per heavy atom. The first kappa shape index (κ1) is 14.7. The predicted octanol–water partition coefficient (Wildman–Crippen LogP) is 2.77. The highest BCUT2D eigenvalue weighted by molar-refractivity contribution is 9.10. The summed E-state index contributed by atoms with van der Waals surface area (Å²) >= 11 is 3.42. The minimum absolute atomic E-state index is 0.157. The number of benzene rings is 1. The van der Waals surface area contributed by atoms with Gasteiger partial charge in [-0.1, -0.05) is 28.1 Å². The highest BCUT2D eigenvalue weighted by Crippen LogP contribution is 2.49. The molecule has 0 bridgehead atoms. The maximum Gasteiger partial charge on any atom is 0.234 e. The van der Waals surface area contributed by atoms with Gasteiger partial charge in [0.2, 0.25) is 11.8 Å². The van der Waals surface area contributed by atoms with E-state index in [9.17, 15) is 9.59 Å². The van der Waals surface area contributed by atoms with Crippen LogP contribution in [0.15, 0.2) is 28.7 Å². The lowest BCUT2D eigenvalue weighted by Crippen LogP contribution is -2.51. The second kappa shape index (κ2) is 5.89. The first-order valence-corrected chi connectivity index (χ1v) is 8.07. The van der Waals surface area contributed by atoms with Gasteiger partial charge in [0.1, 0.15) is 0 Å². The third kappa shape index (κ3) is 2.90. The quantitative estimate of drug-likeness (QED) is 0.791. The number of imide groups is 1. The molecule has 4 nitrogen and oxygen atoms in total. The van der Waals surface area contributed by atoms with Crippen LogP contribution in [0.2, 0.25) is 0 Å². The maximum atomic E-state index is 12.5. The number of hydrogen-bond donors (Lipinski definition) is 1. The fraction of sp³-hybridized carbons (Fsp3) is 0.500. The van der Waals surface area contributed by atoms with Crippen molar-refractivity contribution in [2.45, 2.75) is 31.6 Å². The van der Waals surface area contributed by atoms with E-state index in [-0.39, 0.29) is 23.1 Å². The maximum absolute atomic E-state index is 12.5. The number of rotatable bonds is 1. The second-order valence-electron chi connectivity index (χ2n) is 5.90. The Morgan fingerprint density at radius 3 is 2.67 bits per heavy atom. The van der Waals surface area contributed by atoms with Gasteiger partial charge in [0.25, 0.3) is 0 Å². The average molecular weight is 352 g/mol. The summed E-state index contributed by atoms with van der Waals surface area (Å²) in [4.78, 5) is 24.4. The van der Waals surface area contributed by atoms with E-state index in [4.69, 9.17) is 4.74 Å². The molecular formula is C16H18BrNO3. The lowest BCUT2D eigenvalue weighted by Gasteiger charge is -2.42. The third-order valence-corrected chi connectivity index (χ3v) is 5.09. The molecule has 21 heavy (non-hydrogen) atoms. The molecule has 2 fully saturated rings. The van der Waals surface area contributed by atoms with E-state index in [1.807, 2.05) is 24.3 Å². The monoisotopic (exact) mass is 351 g/mol. The lowest BCUT2D eigenvalue weighted by molar-refractivity contribution is -0.140. The first-order valence-electron chi connectivity index (χ1n) is 7.28. The van der Waals surface area contributed by atoms with Crippen LogP contribution >= 0.6 is 15.9 Å². The SMILES string of the molecule is O=C1CC2(CCCOCC2)C(c2ccc(Br)cc2)C(=O)N1. The summed E-state index contributed by atoms with van der Waals surface area (Å²) in [6, 6.07) is 7.83. The Morgan fingerprint density at radius 1 is 1.14 bits per heavy atom. The van der Waals surface area contributed by atoms with E-state index in [2.05, 4.69) is 21.2 Å². The van der Waals surface area contributed by atoms with E-state index < -0.39 is 0 Å².